The van der Waals surface area contributed by atoms with Gasteiger partial charge in [-0.15, -0.1) is 10.2 Å². The van der Waals surface area contributed by atoms with E-state index in [4.69, 9.17) is 0 Å². The van der Waals surface area contributed by atoms with E-state index < -0.39 is 17.6 Å². The van der Waals surface area contributed by atoms with Crippen molar-refractivity contribution in [1.29, 1.82) is 0 Å². The van der Waals surface area contributed by atoms with Gasteiger partial charge in [-0.05, 0) is 25.7 Å². The van der Waals surface area contributed by atoms with Crippen LogP contribution in [0.1, 0.15) is 55.1 Å². The first-order chi connectivity index (χ1) is 12.4. The molecule has 0 radical (unpaired) electrons. The number of rotatable bonds is 4. The van der Waals surface area contributed by atoms with Crippen LogP contribution >= 0.6 is 0 Å². The molecule has 136 valence electrons. The summed E-state index contributed by atoms with van der Waals surface area (Å²) < 4.78 is 41.7. The number of aromatic nitrogens is 7. The third-order valence-electron chi connectivity index (χ3n) is 4.71. The van der Waals surface area contributed by atoms with Crippen LogP contribution in [0.25, 0.3) is 11.2 Å². The zero-order valence-corrected chi connectivity index (χ0v) is 13.5. The van der Waals surface area contributed by atoms with Crippen molar-refractivity contribution < 1.29 is 13.2 Å². The first kappa shape index (κ1) is 15.5. The predicted molar refractivity (Wildman–Crippen MR) is 82.5 cm³/mol. The first-order valence-electron chi connectivity index (χ1n) is 8.38. The first-order valence-corrected chi connectivity index (χ1v) is 8.38. The molecule has 2 aliphatic rings. The van der Waals surface area contributed by atoms with E-state index in [1.807, 2.05) is 4.98 Å². The minimum atomic E-state index is -4.66. The van der Waals surface area contributed by atoms with E-state index >= 15 is 0 Å². The molecular weight excluding hydrogens is 351 g/mol. The molecule has 8 nitrogen and oxygen atoms in total. The van der Waals surface area contributed by atoms with Crippen LogP contribution in [0.4, 0.5) is 13.2 Å². The van der Waals surface area contributed by atoms with Crippen LogP contribution in [0.3, 0.4) is 0 Å². The third kappa shape index (κ3) is 2.49. The molecule has 3 heterocycles. The van der Waals surface area contributed by atoms with Crippen molar-refractivity contribution in [3.05, 3.63) is 34.2 Å². The van der Waals surface area contributed by atoms with Gasteiger partial charge in [0.05, 0.1) is 6.54 Å². The number of nitrogens with one attached hydrogen (secondary N) is 1. The molecular formula is C15H14F3N7O. The molecule has 0 amide bonds. The number of nitrogens with zero attached hydrogens (tertiary/aromatic N) is 6. The lowest BCUT2D eigenvalue weighted by Gasteiger charge is -2.09. The molecule has 0 atom stereocenters. The van der Waals surface area contributed by atoms with E-state index in [0.717, 1.165) is 31.5 Å². The van der Waals surface area contributed by atoms with Crippen LogP contribution in [-0.4, -0.2) is 34.3 Å². The minimum absolute atomic E-state index is 0.109. The normalized spacial score (nSPS) is 18.0. The van der Waals surface area contributed by atoms with Crippen molar-refractivity contribution in [2.24, 2.45) is 0 Å². The number of hydrogen-bond acceptors (Lipinski definition) is 5. The van der Waals surface area contributed by atoms with Crippen LogP contribution < -0.4 is 5.56 Å². The highest BCUT2D eigenvalue weighted by atomic mass is 19.4. The molecule has 2 fully saturated rings. The molecule has 1 N–H and O–H groups in total. The lowest BCUT2D eigenvalue weighted by Crippen LogP contribution is -2.23. The fraction of sp³-hybridized carbons (Fsp3) is 0.533. The van der Waals surface area contributed by atoms with Gasteiger partial charge in [-0.25, -0.2) is 9.97 Å². The van der Waals surface area contributed by atoms with Gasteiger partial charge in [0.2, 0.25) is 5.82 Å². The maximum Gasteiger partial charge on any atom is 0.449 e. The van der Waals surface area contributed by atoms with Gasteiger partial charge < -0.3 is 9.55 Å². The Hall–Kier alpha value is -2.72. The van der Waals surface area contributed by atoms with E-state index in [1.165, 1.54) is 10.9 Å². The van der Waals surface area contributed by atoms with Gasteiger partial charge in [-0.3, -0.25) is 9.36 Å². The molecule has 2 aliphatic carbocycles. The summed E-state index contributed by atoms with van der Waals surface area (Å²) in [5, 5.41) is 8.49. The van der Waals surface area contributed by atoms with Gasteiger partial charge in [-0.2, -0.15) is 13.2 Å². The highest BCUT2D eigenvalue weighted by Gasteiger charge is 2.37. The van der Waals surface area contributed by atoms with Crippen LogP contribution in [0.2, 0.25) is 0 Å². The Morgan fingerprint density at radius 3 is 2.62 bits per heavy atom. The van der Waals surface area contributed by atoms with Gasteiger partial charge in [-0.1, -0.05) is 0 Å². The summed E-state index contributed by atoms with van der Waals surface area (Å²) in [6.07, 6.45) is 0.815. The van der Waals surface area contributed by atoms with E-state index in [-0.39, 0.29) is 17.7 Å². The Kier molecular flexibility index (Phi) is 3.07. The third-order valence-corrected chi connectivity index (χ3v) is 4.71. The van der Waals surface area contributed by atoms with Crippen molar-refractivity contribution in [3.8, 4) is 0 Å². The lowest BCUT2D eigenvalue weighted by molar-refractivity contribution is -0.144. The number of H-pyrrole nitrogens is 1. The standard InChI is InChI=1S/C15H14F3N7O/c16-15(17,18)14-20-10-11(21-14)19-6-24(13(10)26)5-9-22-23-12(7-1-2-7)25(9)8-3-4-8/h6-8H,1-5H2,(H,20,21). The van der Waals surface area contributed by atoms with Crippen molar-refractivity contribution in [2.75, 3.05) is 0 Å². The lowest BCUT2D eigenvalue weighted by atomic mass is 10.3. The Labute approximate surface area is 144 Å². The van der Waals surface area contributed by atoms with Crippen molar-refractivity contribution >= 4 is 11.2 Å². The van der Waals surface area contributed by atoms with Crippen molar-refractivity contribution in [2.45, 2.75) is 50.4 Å². The topological polar surface area (TPSA) is 94.3 Å². The summed E-state index contributed by atoms with van der Waals surface area (Å²) in [5.74, 6) is 0.779. The van der Waals surface area contributed by atoms with E-state index in [1.54, 1.807) is 0 Å². The second-order valence-electron chi connectivity index (χ2n) is 6.81. The van der Waals surface area contributed by atoms with Crippen LogP contribution in [0, 0.1) is 0 Å². The maximum atomic E-state index is 12.8. The van der Waals surface area contributed by atoms with Crippen LogP contribution in [-0.2, 0) is 12.7 Å². The van der Waals surface area contributed by atoms with Crippen molar-refractivity contribution in [1.82, 2.24) is 34.3 Å². The summed E-state index contributed by atoms with van der Waals surface area (Å²) in [7, 11) is 0. The Bertz CT molecular complexity index is 1060. The molecule has 0 aliphatic heterocycles. The van der Waals surface area contributed by atoms with Gasteiger partial charge in [0.25, 0.3) is 5.56 Å². The predicted octanol–water partition coefficient (Wildman–Crippen LogP) is 1.99. The number of imidazole rings is 1. The fourth-order valence-corrected chi connectivity index (χ4v) is 3.12. The number of halogens is 3. The molecule has 3 aromatic rings. The zero-order chi connectivity index (χ0) is 18.1. The maximum absolute atomic E-state index is 12.8. The quantitative estimate of drug-likeness (QED) is 0.763. The minimum Gasteiger partial charge on any atom is -0.328 e. The van der Waals surface area contributed by atoms with E-state index in [2.05, 4.69) is 24.7 Å². The molecule has 0 bridgehead atoms. The Balaban J connectivity index is 1.54. The average molecular weight is 365 g/mol. The summed E-state index contributed by atoms with van der Waals surface area (Å²) >= 11 is 0. The molecule has 2 saturated carbocycles. The van der Waals surface area contributed by atoms with Crippen molar-refractivity contribution in [3.63, 3.8) is 0 Å². The van der Waals surface area contributed by atoms with Crippen LogP contribution in [0.15, 0.2) is 11.1 Å². The molecule has 0 unspecified atom stereocenters. The molecule has 3 aromatic heterocycles. The summed E-state index contributed by atoms with van der Waals surface area (Å²) in [5.41, 5.74) is -1.13. The van der Waals surface area contributed by atoms with Gasteiger partial charge >= 0.3 is 6.18 Å². The number of aromatic amines is 1. The van der Waals surface area contributed by atoms with Gasteiger partial charge in [0.1, 0.15) is 12.2 Å². The van der Waals surface area contributed by atoms with Crippen LogP contribution in [0.5, 0.6) is 0 Å². The van der Waals surface area contributed by atoms with E-state index in [0.29, 0.717) is 17.8 Å². The number of hydrogen-bond donors (Lipinski definition) is 1. The molecule has 0 aromatic carbocycles. The molecule has 26 heavy (non-hydrogen) atoms. The largest absolute Gasteiger partial charge is 0.449 e. The molecule has 0 spiro atoms. The highest BCUT2D eigenvalue weighted by Crippen LogP contribution is 2.44. The zero-order valence-electron chi connectivity index (χ0n) is 13.5. The summed E-state index contributed by atoms with van der Waals surface area (Å²) in [6.45, 7) is 0.109. The highest BCUT2D eigenvalue weighted by molar-refractivity contribution is 5.68. The smallest absolute Gasteiger partial charge is 0.328 e. The second kappa shape index (κ2) is 5.15. The summed E-state index contributed by atoms with van der Waals surface area (Å²) in [4.78, 5) is 21.8. The summed E-state index contributed by atoms with van der Waals surface area (Å²) in [6, 6.07) is 0.354. The second-order valence-corrected chi connectivity index (χ2v) is 6.81. The Morgan fingerprint density at radius 2 is 1.96 bits per heavy atom. The molecule has 11 heteroatoms. The fourth-order valence-electron chi connectivity index (χ4n) is 3.12. The molecule has 5 rings (SSSR count). The van der Waals surface area contributed by atoms with Gasteiger partial charge in [0.15, 0.2) is 17.0 Å². The van der Waals surface area contributed by atoms with E-state index in [9.17, 15) is 18.0 Å². The molecule has 0 saturated heterocycles. The SMILES string of the molecule is O=c1c2[nH]c(C(F)(F)F)nc2ncn1Cc1nnc(C2CC2)n1C1CC1. The average Bonchev–Trinajstić information content (AvgIpc) is 3.51. The number of fused-ring (bicyclic) bond motifs is 1. The monoisotopic (exact) mass is 365 g/mol. The van der Waals surface area contributed by atoms with Gasteiger partial charge in [0, 0.05) is 12.0 Å². The number of alkyl halides is 3. The Morgan fingerprint density at radius 1 is 1.19 bits per heavy atom.